The molecule has 22 heavy (non-hydrogen) atoms. The lowest BCUT2D eigenvalue weighted by Gasteiger charge is -2.36. The van der Waals surface area contributed by atoms with Gasteiger partial charge in [-0.05, 0) is 54.7 Å². The Morgan fingerprint density at radius 1 is 0.909 bits per heavy atom. The molecule has 0 bridgehead atoms. The van der Waals surface area contributed by atoms with Gasteiger partial charge in [-0.15, -0.1) is 0 Å². The minimum atomic E-state index is -0.341. The quantitative estimate of drug-likeness (QED) is 0.756. The number of aromatic hydroxyl groups is 2. The third-order valence-corrected chi connectivity index (χ3v) is 4.84. The van der Waals surface area contributed by atoms with Gasteiger partial charge in [0, 0.05) is 11.5 Å². The molecule has 1 fully saturated rings. The van der Waals surface area contributed by atoms with Crippen molar-refractivity contribution < 1.29 is 20.1 Å². The van der Waals surface area contributed by atoms with E-state index in [1.807, 2.05) is 12.1 Å². The van der Waals surface area contributed by atoms with Gasteiger partial charge in [0.2, 0.25) is 0 Å². The number of phenols is 2. The highest BCUT2D eigenvalue weighted by atomic mass is 16.5. The Labute approximate surface area is 128 Å². The van der Waals surface area contributed by atoms with Crippen LogP contribution in [0.25, 0.3) is 0 Å². The minimum absolute atomic E-state index is 0.139. The molecule has 4 rings (SSSR count). The molecule has 0 unspecified atom stereocenters. The van der Waals surface area contributed by atoms with E-state index in [2.05, 4.69) is 0 Å². The number of ether oxygens (including phenoxy) is 1. The maximum atomic E-state index is 10.1. The van der Waals surface area contributed by atoms with E-state index in [1.54, 1.807) is 30.3 Å². The molecule has 1 saturated carbocycles. The molecule has 1 aliphatic carbocycles. The number of phenolic OH excluding ortho intramolecular Hbond substituents is 2. The summed E-state index contributed by atoms with van der Waals surface area (Å²) in [6.07, 6.45) is 0.899. The van der Waals surface area contributed by atoms with Gasteiger partial charge >= 0.3 is 0 Å². The third-order valence-electron chi connectivity index (χ3n) is 4.84. The van der Waals surface area contributed by atoms with Crippen LogP contribution in [-0.4, -0.2) is 21.4 Å². The van der Waals surface area contributed by atoms with Crippen molar-refractivity contribution in [1.29, 1.82) is 0 Å². The number of benzene rings is 2. The molecule has 2 aromatic rings. The molecule has 2 aliphatic rings. The SMILES string of the molecule is Oc1ccc([C@@H]2Oc3ccc(O)cc3[C@@H]3C[C@@H](O)C[C@@H]32)cc1. The number of rotatable bonds is 1. The Morgan fingerprint density at radius 2 is 1.64 bits per heavy atom. The lowest BCUT2D eigenvalue weighted by Crippen LogP contribution is -2.26. The van der Waals surface area contributed by atoms with Crippen molar-refractivity contribution in [3.05, 3.63) is 53.6 Å². The van der Waals surface area contributed by atoms with Gasteiger partial charge in [0.25, 0.3) is 0 Å². The first-order chi connectivity index (χ1) is 10.6. The first-order valence-electron chi connectivity index (χ1n) is 7.58. The fraction of sp³-hybridized carbons (Fsp3) is 0.333. The molecule has 4 nitrogen and oxygen atoms in total. The molecular weight excluding hydrogens is 280 g/mol. The molecule has 0 radical (unpaired) electrons. The maximum absolute atomic E-state index is 10.1. The smallest absolute Gasteiger partial charge is 0.127 e. The Morgan fingerprint density at radius 3 is 2.41 bits per heavy atom. The van der Waals surface area contributed by atoms with Crippen LogP contribution in [0.1, 0.15) is 36.0 Å². The Kier molecular flexibility index (Phi) is 3.01. The molecular formula is C18H18O4. The largest absolute Gasteiger partial charge is 0.508 e. The number of hydrogen-bond donors (Lipinski definition) is 3. The van der Waals surface area contributed by atoms with Gasteiger partial charge in [0.1, 0.15) is 23.4 Å². The van der Waals surface area contributed by atoms with Crippen molar-refractivity contribution in [2.45, 2.75) is 31.0 Å². The summed E-state index contributed by atoms with van der Waals surface area (Å²) in [4.78, 5) is 0. The lowest BCUT2D eigenvalue weighted by atomic mass is 9.80. The fourth-order valence-electron chi connectivity index (χ4n) is 3.87. The number of hydrogen-bond acceptors (Lipinski definition) is 4. The first kappa shape index (κ1) is 13.5. The summed E-state index contributed by atoms with van der Waals surface area (Å²) in [6, 6.07) is 12.2. The summed E-state index contributed by atoms with van der Waals surface area (Å²) in [5.41, 5.74) is 1.98. The summed E-state index contributed by atoms with van der Waals surface area (Å²) >= 11 is 0. The molecule has 0 spiro atoms. The van der Waals surface area contributed by atoms with Crippen LogP contribution in [0.2, 0.25) is 0 Å². The van der Waals surface area contributed by atoms with Crippen LogP contribution in [0.5, 0.6) is 17.2 Å². The normalized spacial score (nSPS) is 29.5. The molecule has 114 valence electrons. The van der Waals surface area contributed by atoms with Gasteiger partial charge in [-0.2, -0.15) is 0 Å². The summed E-state index contributed by atoms with van der Waals surface area (Å²) in [5, 5.41) is 29.3. The van der Waals surface area contributed by atoms with Crippen molar-refractivity contribution in [3.63, 3.8) is 0 Å². The third kappa shape index (κ3) is 2.11. The van der Waals surface area contributed by atoms with Gasteiger partial charge in [0.05, 0.1) is 6.10 Å². The molecule has 4 atom stereocenters. The second kappa shape index (κ2) is 4.92. The molecule has 4 heteroatoms. The van der Waals surface area contributed by atoms with Crippen molar-refractivity contribution in [2.75, 3.05) is 0 Å². The van der Waals surface area contributed by atoms with E-state index >= 15 is 0 Å². The summed E-state index contributed by atoms with van der Waals surface area (Å²) in [6.45, 7) is 0. The zero-order valence-electron chi connectivity index (χ0n) is 12.0. The molecule has 1 aliphatic heterocycles. The molecule has 2 aromatic carbocycles. The van der Waals surface area contributed by atoms with E-state index in [0.717, 1.165) is 16.9 Å². The topological polar surface area (TPSA) is 69.9 Å². The van der Waals surface area contributed by atoms with Gasteiger partial charge in [-0.3, -0.25) is 0 Å². The molecule has 0 amide bonds. The maximum Gasteiger partial charge on any atom is 0.127 e. The number of fused-ring (bicyclic) bond motifs is 3. The van der Waals surface area contributed by atoms with E-state index in [0.29, 0.717) is 12.8 Å². The number of aliphatic hydroxyl groups excluding tert-OH is 1. The van der Waals surface area contributed by atoms with Crippen LogP contribution < -0.4 is 4.74 Å². The van der Waals surface area contributed by atoms with Gasteiger partial charge < -0.3 is 20.1 Å². The van der Waals surface area contributed by atoms with Crippen LogP contribution in [0.3, 0.4) is 0 Å². The Hall–Kier alpha value is -2.20. The van der Waals surface area contributed by atoms with E-state index in [9.17, 15) is 15.3 Å². The monoisotopic (exact) mass is 298 g/mol. The summed E-state index contributed by atoms with van der Waals surface area (Å²) in [7, 11) is 0. The first-order valence-corrected chi connectivity index (χ1v) is 7.58. The predicted molar refractivity (Wildman–Crippen MR) is 81.1 cm³/mol. The van der Waals surface area contributed by atoms with Crippen molar-refractivity contribution in [3.8, 4) is 17.2 Å². The van der Waals surface area contributed by atoms with Crippen molar-refractivity contribution in [2.24, 2.45) is 5.92 Å². The Bertz CT molecular complexity index is 695. The average molecular weight is 298 g/mol. The van der Waals surface area contributed by atoms with Gasteiger partial charge in [-0.25, -0.2) is 0 Å². The van der Waals surface area contributed by atoms with E-state index in [-0.39, 0.29) is 35.5 Å². The standard InChI is InChI=1S/C18H18O4/c19-11-3-1-10(2-4-11)18-16-9-13(21)8-14(16)15-7-12(20)5-6-17(15)22-18/h1-7,13-14,16,18-21H,8-9H2/t13-,14+,16+,18+/m1/s1. The lowest BCUT2D eigenvalue weighted by molar-refractivity contribution is 0.0960. The molecule has 0 saturated heterocycles. The summed E-state index contributed by atoms with van der Waals surface area (Å²) < 4.78 is 6.17. The van der Waals surface area contributed by atoms with Gasteiger partial charge in [0.15, 0.2) is 0 Å². The molecule has 1 heterocycles. The highest BCUT2D eigenvalue weighted by Crippen LogP contribution is 2.54. The van der Waals surface area contributed by atoms with Crippen molar-refractivity contribution in [1.82, 2.24) is 0 Å². The fourth-order valence-corrected chi connectivity index (χ4v) is 3.87. The van der Waals surface area contributed by atoms with Crippen LogP contribution in [-0.2, 0) is 0 Å². The predicted octanol–water partition coefficient (Wildman–Crippen LogP) is 3.09. The zero-order chi connectivity index (χ0) is 15.3. The number of aliphatic hydroxyl groups is 1. The van der Waals surface area contributed by atoms with Crippen LogP contribution in [0.4, 0.5) is 0 Å². The highest BCUT2D eigenvalue weighted by molar-refractivity contribution is 5.46. The molecule has 0 aromatic heterocycles. The second-order valence-corrected chi connectivity index (χ2v) is 6.25. The minimum Gasteiger partial charge on any atom is -0.508 e. The highest BCUT2D eigenvalue weighted by Gasteiger charge is 2.45. The van der Waals surface area contributed by atoms with Crippen LogP contribution >= 0.6 is 0 Å². The van der Waals surface area contributed by atoms with Crippen LogP contribution in [0.15, 0.2) is 42.5 Å². The second-order valence-electron chi connectivity index (χ2n) is 6.25. The van der Waals surface area contributed by atoms with Crippen LogP contribution in [0, 0.1) is 5.92 Å². The van der Waals surface area contributed by atoms with E-state index < -0.39 is 0 Å². The average Bonchev–Trinajstić information content (AvgIpc) is 2.89. The Balaban J connectivity index is 1.78. The molecule has 3 N–H and O–H groups in total. The van der Waals surface area contributed by atoms with E-state index in [1.165, 1.54) is 0 Å². The summed E-state index contributed by atoms with van der Waals surface area (Å²) in [5.74, 6) is 1.59. The van der Waals surface area contributed by atoms with E-state index in [4.69, 9.17) is 4.74 Å². The zero-order valence-corrected chi connectivity index (χ0v) is 12.0. The van der Waals surface area contributed by atoms with Crippen molar-refractivity contribution >= 4 is 0 Å². The van der Waals surface area contributed by atoms with Gasteiger partial charge in [-0.1, -0.05) is 12.1 Å².